The topological polar surface area (TPSA) is 104 Å². The first-order valence-electron chi connectivity index (χ1n) is 9.01. The molecular weight excluding hydrogens is 378 g/mol. The highest BCUT2D eigenvalue weighted by Crippen LogP contribution is 2.18. The maximum atomic E-state index is 12.6. The number of benzene rings is 2. The zero-order chi connectivity index (χ0) is 20.7. The van der Waals surface area contributed by atoms with E-state index in [0.717, 1.165) is 12.0 Å². The van der Waals surface area contributed by atoms with Gasteiger partial charge in [0.15, 0.2) is 0 Å². The number of anilines is 1. The van der Waals surface area contributed by atoms with Crippen molar-refractivity contribution in [3.05, 3.63) is 59.7 Å². The van der Waals surface area contributed by atoms with Crippen molar-refractivity contribution in [1.82, 2.24) is 10.6 Å². The zero-order valence-corrected chi connectivity index (χ0v) is 17.0. The number of rotatable bonds is 8. The van der Waals surface area contributed by atoms with Crippen molar-refractivity contribution >= 4 is 27.5 Å². The summed E-state index contributed by atoms with van der Waals surface area (Å²) in [7, 11) is -3.85. The number of nitrogens with one attached hydrogen (secondary N) is 3. The molecule has 0 saturated heterocycles. The Labute approximate surface area is 165 Å². The quantitative estimate of drug-likeness (QED) is 0.630. The van der Waals surface area contributed by atoms with Gasteiger partial charge in [0, 0.05) is 17.8 Å². The van der Waals surface area contributed by atoms with Crippen LogP contribution >= 0.6 is 0 Å². The van der Waals surface area contributed by atoms with Crippen molar-refractivity contribution in [2.75, 3.05) is 11.3 Å². The van der Waals surface area contributed by atoms with Crippen molar-refractivity contribution in [3.8, 4) is 0 Å². The monoisotopic (exact) mass is 403 g/mol. The fourth-order valence-corrected chi connectivity index (χ4v) is 3.57. The number of carbonyl (C=O) groups excluding carboxylic acids is 2. The van der Waals surface area contributed by atoms with Crippen molar-refractivity contribution < 1.29 is 18.0 Å². The third-order valence-corrected chi connectivity index (χ3v) is 5.35. The Morgan fingerprint density at radius 2 is 1.79 bits per heavy atom. The minimum atomic E-state index is -3.85. The van der Waals surface area contributed by atoms with Crippen molar-refractivity contribution in [2.24, 2.45) is 0 Å². The van der Waals surface area contributed by atoms with Crippen LogP contribution in [0.25, 0.3) is 0 Å². The highest BCUT2D eigenvalue weighted by Gasteiger charge is 2.19. The van der Waals surface area contributed by atoms with Crippen LogP contribution in [0, 0.1) is 6.92 Å². The molecule has 0 heterocycles. The van der Waals surface area contributed by atoms with E-state index in [1.807, 2.05) is 19.9 Å². The van der Waals surface area contributed by atoms with E-state index >= 15 is 0 Å². The van der Waals surface area contributed by atoms with Gasteiger partial charge in [0.1, 0.15) is 6.04 Å². The molecule has 1 atom stereocenters. The Balaban J connectivity index is 2.14. The highest BCUT2D eigenvalue weighted by atomic mass is 32.2. The molecule has 3 N–H and O–H groups in total. The first-order valence-corrected chi connectivity index (χ1v) is 10.5. The Hall–Kier alpha value is -2.87. The van der Waals surface area contributed by atoms with Gasteiger partial charge in [-0.1, -0.05) is 25.1 Å². The number of amides is 2. The minimum absolute atomic E-state index is 0.0373. The van der Waals surface area contributed by atoms with E-state index in [2.05, 4.69) is 15.4 Å². The number of carbonyl (C=O) groups is 2. The third kappa shape index (κ3) is 5.82. The molecule has 2 aromatic rings. The van der Waals surface area contributed by atoms with Gasteiger partial charge in [0.05, 0.1) is 4.90 Å². The number of aryl methyl sites for hydroxylation is 1. The smallest absolute Gasteiger partial charge is 0.261 e. The predicted molar refractivity (Wildman–Crippen MR) is 109 cm³/mol. The largest absolute Gasteiger partial charge is 0.354 e. The number of sulfonamides is 1. The molecule has 2 aromatic carbocycles. The van der Waals surface area contributed by atoms with E-state index in [4.69, 9.17) is 0 Å². The van der Waals surface area contributed by atoms with Crippen LogP contribution in [0.1, 0.15) is 36.2 Å². The molecule has 0 saturated carbocycles. The Morgan fingerprint density at radius 1 is 1.07 bits per heavy atom. The van der Waals surface area contributed by atoms with Gasteiger partial charge in [0.25, 0.3) is 15.9 Å². The maximum absolute atomic E-state index is 12.6. The summed E-state index contributed by atoms with van der Waals surface area (Å²) in [5.41, 5.74) is 1.52. The molecule has 0 aliphatic carbocycles. The molecule has 2 rings (SSSR count). The molecule has 0 bridgehead atoms. The molecule has 2 amide bonds. The van der Waals surface area contributed by atoms with Gasteiger partial charge >= 0.3 is 0 Å². The van der Waals surface area contributed by atoms with Crippen LogP contribution < -0.4 is 15.4 Å². The number of hydrogen-bond acceptors (Lipinski definition) is 4. The van der Waals surface area contributed by atoms with E-state index in [-0.39, 0.29) is 16.4 Å². The van der Waals surface area contributed by atoms with Crippen molar-refractivity contribution in [3.63, 3.8) is 0 Å². The molecule has 0 aliphatic heterocycles. The van der Waals surface area contributed by atoms with E-state index in [0.29, 0.717) is 12.2 Å². The predicted octanol–water partition coefficient (Wildman–Crippen LogP) is 2.44. The molecule has 0 aliphatic rings. The lowest BCUT2D eigenvalue weighted by Gasteiger charge is -2.14. The zero-order valence-electron chi connectivity index (χ0n) is 16.2. The maximum Gasteiger partial charge on any atom is 0.261 e. The summed E-state index contributed by atoms with van der Waals surface area (Å²) in [6.07, 6.45) is 0.792. The lowest BCUT2D eigenvalue weighted by atomic mass is 10.2. The minimum Gasteiger partial charge on any atom is -0.354 e. The summed E-state index contributed by atoms with van der Waals surface area (Å²) < 4.78 is 27.8. The van der Waals surface area contributed by atoms with Gasteiger partial charge < -0.3 is 10.6 Å². The van der Waals surface area contributed by atoms with E-state index in [9.17, 15) is 18.0 Å². The van der Waals surface area contributed by atoms with Gasteiger partial charge in [-0.3, -0.25) is 14.3 Å². The Morgan fingerprint density at radius 3 is 2.46 bits per heavy atom. The van der Waals surface area contributed by atoms with E-state index < -0.39 is 22.0 Å². The third-order valence-electron chi connectivity index (χ3n) is 3.97. The van der Waals surface area contributed by atoms with E-state index in [1.165, 1.54) is 24.3 Å². The summed E-state index contributed by atoms with van der Waals surface area (Å²) in [4.78, 5) is 24.3. The standard InChI is InChI=1S/C20H25N3O4S/c1-4-11-21-19(24)15(3)22-20(25)16-8-6-10-18(13-16)28(26,27)23-17-9-5-7-14(2)12-17/h5-10,12-13,15,23H,4,11H2,1-3H3,(H,21,24)(H,22,25)/t15-/m0/s1. The van der Waals surface area contributed by atoms with Crippen LogP contribution in [0.5, 0.6) is 0 Å². The summed E-state index contributed by atoms with van der Waals surface area (Å²) in [5, 5.41) is 5.27. The first kappa shape index (κ1) is 21.4. The molecule has 8 heteroatoms. The Kier molecular flexibility index (Phi) is 7.17. The lowest BCUT2D eigenvalue weighted by Crippen LogP contribution is -2.45. The van der Waals surface area contributed by atoms with Crippen molar-refractivity contribution in [2.45, 2.75) is 38.1 Å². The molecule has 0 fully saturated rings. The summed E-state index contributed by atoms with van der Waals surface area (Å²) in [5.74, 6) is -0.813. The van der Waals surface area contributed by atoms with Gasteiger partial charge in [0.2, 0.25) is 5.91 Å². The Bertz CT molecular complexity index is 957. The fraction of sp³-hybridized carbons (Fsp3) is 0.300. The van der Waals surface area contributed by atoms with E-state index in [1.54, 1.807) is 25.1 Å². The molecule has 0 spiro atoms. The van der Waals surface area contributed by atoms with Crippen LogP contribution in [0.3, 0.4) is 0 Å². The van der Waals surface area contributed by atoms with Crippen molar-refractivity contribution in [1.29, 1.82) is 0 Å². The average Bonchev–Trinajstić information content (AvgIpc) is 2.65. The van der Waals surface area contributed by atoms with Gasteiger partial charge in [-0.15, -0.1) is 0 Å². The molecular formula is C20H25N3O4S. The van der Waals surface area contributed by atoms with Crippen LogP contribution in [-0.2, 0) is 14.8 Å². The average molecular weight is 404 g/mol. The molecule has 150 valence electrons. The van der Waals surface area contributed by atoms with Gasteiger partial charge in [-0.25, -0.2) is 8.42 Å². The molecule has 0 aromatic heterocycles. The van der Waals surface area contributed by atoms with Crippen LogP contribution in [-0.4, -0.2) is 32.8 Å². The van der Waals surface area contributed by atoms with Gasteiger partial charge in [-0.2, -0.15) is 0 Å². The first-order chi connectivity index (χ1) is 13.2. The summed E-state index contributed by atoms with van der Waals surface area (Å²) >= 11 is 0. The van der Waals surface area contributed by atoms with Gasteiger partial charge in [-0.05, 0) is 56.2 Å². The second kappa shape index (κ2) is 9.36. The molecule has 0 unspecified atom stereocenters. The summed E-state index contributed by atoms with van der Waals surface area (Å²) in [6, 6.07) is 11.9. The fourth-order valence-electron chi connectivity index (χ4n) is 2.47. The second-order valence-corrected chi connectivity index (χ2v) is 8.17. The highest BCUT2D eigenvalue weighted by molar-refractivity contribution is 7.92. The number of hydrogen-bond donors (Lipinski definition) is 3. The second-order valence-electron chi connectivity index (χ2n) is 6.49. The normalized spacial score (nSPS) is 12.1. The van der Waals surface area contributed by atoms with Crippen LogP contribution in [0.4, 0.5) is 5.69 Å². The molecule has 0 radical (unpaired) electrons. The summed E-state index contributed by atoms with van der Waals surface area (Å²) in [6.45, 7) is 5.89. The SMILES string of the molecule is CCCNC(=O)[C@H](C)NC(=O)c1cccc(S(=O)(=O)Nc2cccc(C)c2)c1. The lowest BCUT2D eigenvalue weighted by molar-refractivity contribution is -0.122. The van der Waals surface area contributed by atoms with Crippen LogP contribution in [0.2, 0.25) is 0 Å². The van der Waals surface area contributed by atoms with Crippen LogP contribution in [0.15, 0.2) is 53.4 Å². The molecule has 28 heavy (non-hydrogen) atoms. The molecule has 7 nitrogen and oxygen atoms in total.